The van der Waals surface area contributed by atoms with Gasteiger partial charge in [0.1, 0.15) is 5.75 Å². The number of hydrogen-bond acceptors (Lipinski definition) is 4. The van der Waals surface area contributed by atoms with Crippen LogP contribution in [-0.2, 0) is 16.0 Å². The zero-order valence-electron chi connectivity index (χ0n) is 19.5. The molecule has 1 aliphatic carbocycles. The molecule has 1 aromatic rings. The summed E-state index contributed by atoms with van der Waals surface area (Å²) in [5.41, 5.74) is 0.918. The van der Waals surface area contributed by atoms with Gasteiger partial charge in [-0.2, -0.15) is 0 Å². The average Bonchev–Trinajstić information content (AvgIpc) is 3.64. The van der Waals surface area contributed by atoms with Crippen molar-refractivity contribution >= 4 is 11.9 Å². The summed E-state index contributed by atoms with van der Waals surface area (Å²) in [5, 5.41) is 3.00. The van der Waals surface area contributed by atoms with Crippen LogP contribution in [-0.4, -0.2) is 72.8 Å². The molecule has 3 aliphatic rings. The smallest absolute Gasteiger partial charge is 0.317 e. The van der Waals surface area contributed by atoms with Crippen LogP contribution in [0.25, 0.3) is 0 Å². The number of nitrogens with zero attached hydrogens (tertiary/aromatic N) is 2. The third kappa shape index (κ3) is 5.37. The number of ether oxygens (including phenoxy) is 2. The molecule has 176 valence electrons. The Labute approximate surface area is 191 Å². The molecule has 1 aromatic carbocycles. The van der Waals surface area contributed by atoms with Crippen molar-refractivity contribution in [3.63, 3.8) is 0 Å². The molecule has 3 fully saturated rings. The number of urea groups is 1. The lowest BCUT2D eigenvalue weighted by atomic mass is 9.81. The number of aryl methyl sites for hydroxylation is 1. The summed E-state index contributed by atoms with van der Waals surface area (Å²) in [4.78, 5) is 29.6. The van der Waals surface area contributed by atoms with Gasteiger partial charge in [0.05, 0.1) is 12.7 Å². The molecule has 2 aliphatic heterocycles. The third-order valence-corrected chi connectivity index (χ3v) is 7.15. The highest BCUT2D eigenvalue weighted by atomic mass is 16.5. The minimum absolute atomic E-state index is 0.0715. The first kappa shape index (κ1) is 22.9. The van der Waals surface area contributed by atoms with E-state index in [0.29, 0.717) is 25.6 Å². The molecule has 2 heterocycles. The molecule has 7 heteroatoms. The van der Waals surface area contributed by atoms with Crippen LogP contribution in [0.5, 0.6) is 5.75 Å². The first-order valence-corrected chi connectivity index (χ1v) is 12.1. The lowest BCUT2D eigenvalue weighted by Crippen LogP contribution is -2.57. The number of likely N-dealkylation sites (tertiary alicyclic amines) is 1. The predicted molar refractivity (Wildman–Crippen MR) is 123 cm³/mol. The molecule has 32 heavy (non-hydrogen) atoms. The monoisotopic (exact) mass is 443 g/mol. The van der Waals surface area contributed by atoms with Crippen LogP contribution in [0.1, 0.15) is 57.4 Å². The fourth-order valence-electron chi connectivity index (χ4n) is 5.21. The van der Waals surface area contributed by atoms with Crippen molar-refractivity contribution < 1.29 is 19.1 Å². The van der Waals surface area contributed by atoms with Crippen LogP contribution in [0.2, 0.25) is 0 Å². The maximum Gasteiger partial charge on any atom is 0.317 e. The van der Waals surface area contributed by atoms with E-state index in [1.165, 1.54) is 0 Å². The summed E-state index contributed by atoms with van der Waals surface area (Å²) < 4.78 is 11.6. The van der Waals surface area contributed by atoms with E-state index >= 15 is 0 Å². The highest BCUT2D eigenvalue weighted by Gasteiger charge is 2.46. The zero-order chi connectivity index (χ0) is 22.6. The van der Waals surface area contributed by atoms with Crippen molar-refractivity contribution in [1.82, 2.24) is 15.1 Å². The Kier molecular flexibility index (Phi) is 7.23. The van der Waals surface area contributed by atoms with E-state index in [1.54, 1.807) is 7.11 Å². The molecule has 4 rings (SSSR count). The Bertz CT molecular complexity index is 802. The molecular formula is C25H37N3O4. The Morgan fingerprint density at radius 1 is 1.22 bits per heavy atom. The van der Waals surface area contributed by atoms with Gasteiger partial charge in [-0.1, -0.05) is 12.1 Å². The van der Waals surface area contributed by atoms with Crippen LogP contribution in [0.3, 0.4) is 0 Å². The highest BCUT2D eigenvalue weighted by Crippen LogP contribution is 2.40. The minimum Gasteiger partial charge on any atom is -0.497 e. The van der Waals surface area contributed by atoms with E-state index in [0.717, 1.165) is 69.3 Å². The maximum atomic E-state index is 12.8. The normalized spacial score (nSPS) is 22.4. The Morgan fingerprint density at radius 2 is 2.00 bits per heavy atom. The summed E-state index contributed by atoms with van der Waals surface area (Å²) in [5.74, 6) is 1.03. The van der Waals surface area contributed by atoms with Gasteiger partial charge < -0.3 is 24.6 Å². The fraction of sp³-hybridized carbons (Fsp3) is 0.680. The molecule has 1 spiro atoms. The van der Waals surface area contributed by atoms with Crippen molar-refractivity contribution in [2.75, 3.05) is 33.4 Å². The molecule has 1 atom stereocenters. The molecule has 3 amide bonds. The number of benzene rings is 1. The quantitative estimate of drug-likeness (QED) is 0.702. The van der Waals surface area contributed by atoms with Gasteiger partial charge in [0.25, 0.3) is 0 Å². The fourth-order valence-corrected chi connectivity index (χ4v) is 5.21. The molecule has 0 bridgehead atoms. The summed E-state index contributed by atoms with van der Waals surface area (Å²) >= 11 is 0. The minimum atomic E-state index is -0.202. The molecule has 1 N–H and O–H groups in total. The second-order valence-electron chi connectivity index (χ2n) is 9.38. The molecule has 0 aromatic heterocycles. The first-order valence-electron chi connectivity index (χ1n) is 12.1. The SMILES string of the molecule is CCNC(=O)N(C1CC1)C1CCOC2(CCN(C(=O)CCc3cccc(OC)c3)CC2)C1. The molecule has 7 nitrogen and oxygen atoms in total. The number of nitrogens with one attached hydrogen (secondary N) is 1. The molecule has 2 saturated heterocycles. The standard InChI is InChI=1S/C25H37N3O4/c1-3-26-24(30)28(20-8-9-20)21-11-16-32-25(18-21)12-14-27(15-13-25)23(29)10-7-19-5-4-6-22(17-19)31-2/h4-6,17,20-21H,3,7-16,18H2,1-2H3,(H,26,30). The molecule has 1 unspecified atom stereocenters. The largest absolute Gasteiger partial charge is 0.497 e. The lowest BCUT2D eigenvalue weighted by molar-refractivity contribution is -0.147. The number of methoxy groups -OCH3 is 1. The predicted octanol–water partition coefficient (Wildman–Crippen LogP) is 3.36. The van der Waals surface area contributed by atoms with Gasteiger partial charge in [-0.15, -0.1) is 0 Å². The van der Waals surface area contributed by atoms with E-state index in [4.69, 9.17) is 9.47 Å². The summed E-state index contributed by atoms with van der Waals surface area (Å²) in [6.45, 7) is 4.78. The second-order valence-corrected chi connectivity index (χ2v) is 9.38. The topological polar surface area (TPSA) is 71.1 Å². The summed E-state index contributed by atoms with van der Waals surface area (Å²) in [7, 11) is 1.66. The van der Waals surface area contributed by atoms with E-state index in [9.17, 15) is 9.59 Å². The number of piperidine rings is 1. The van der Waals surface area contributed by atoms with Gasteiger partial charge in [0.15, 0.2) is 0 Å². The van der Waals surface area contributed by atoms with Crippen molar-refractivity contribution in [2.45, 2.75) is 76.0 Å². The maximum absolute atomic E-state index is 12.8. The second kappa shape index (κ2) is 10.1. The van der Waals surface area contributed by atoms with Crippen LogP contribution in [0.15, 0.2) is 24.3 Å². The molecular weight excluding hydrogens is 406 g/mol. The van der Waals surface area contributed by atoms with Gasteiger partial charge in [0.2, 0.25) is 5.91 Å². The van der Waals surface area contributed by atoms with Gasteiger partial charge in [-0.3, -0.25) is 4.79 Å². The summed E-state index contributed by atoms with van der Waals surface area (Å²) in [6, 6.07) is 8.61. The van der Waals surface area contributed by atoms with Crippen molar-refractivity contribution in [3.8, 4) is 5.75 Å². The van der Waals surface area contributed by atoms with Crippen molar-refractivity contribution in [1.29, 1.82) is 0 Å². The average molecular weight is 444 g/mol. The first-order chi connectivity index (χ1) is 15.5. The number of hydrogen-bond donors (Lipinski definition) is 1. The van der Waals surface area contributed by atoms with E-state index < -0.39 is 0 Å². The van der Waals surface area contributed by atoms with Crippen molar-refractivity contribution in [3.05, 3.63) is 29.8 Å². The Balaban J connectivity index is 1.30. The molecule has 0 radical (unpaired) electrons. The van der Waals surface area contributed by atoms with Crippen LogP contribution in [0, 0.1) is 0 Å². The van der Waals surface area contributed by atoms with Gasteiger partial charge in [0, 0.05) is 44.7 Å². The van der Waals surface area contributed by atoms with Crippen LogP contribution < -0.4 is 10.1 Å². The van der Waals surface area contributed by atoms with E-state index in [2.05, 4.69) is 10.2 Å². The lowest BCUT2D eigenvalue weighted by Gasteiger charge is -2.48. The number of carbonyl (C=O) groups is 2. The summed E-state index contributed by atoms with van der Waals surface area (Å²) in [6.07, 6.45) is 6.93. The number of rotatable bonds is 7. The Morgan fingerprint density at radius 3 is 2.69 bits per heavy atom. The zero-order valence-corrected chi connectivity index (χ0v) is 19.5. The van der Waals surface area contributed by atoms with E-state index in [-0.39, 0.29) is 23.6 Å². The number of amides is 3. The van der Waals surface area contributed by atoms with E-state index in [1.807, 2.05) is 36.1 Å². The van der Waals surface area contributed by atoms with Crippen LogP contribution >= 0.6 is 0 Å². The Hall–Kier alpha value is -2.28. The third-order valence-electron chi connectivity index (χ3n) is 7.15. The van der Waals surface area contributed by atoms with Crippen molar-refractivity contribution in [2.24, 2.45) is 0 Å². The van der Waals surface area contributed by atoms with Gasteiger partial charge >= 0.3 is 6.03 Å². The van der Waals surface area contributed by atoms with Crippen LogP contribution in [0.4, 0.5) is 4.79 Å². The van der Waals surface area contributed by atoms with Gasteiger partial charge in [-0.05, 0) is 69.6 Å². The number of carbonyl (C=O) groups excluding carboxylic acids is 2. The molecule has 1 saturated carbocycles. The highest BCUT2D eigenvalue weighted by molar-refractivity contribution is 5.76. The van der Waals surface area contributed by atoms with Gasteiger partial charge in [-0.25, -0.2) is 4.79 Å².